The fourth-order valence-electron chi connectivity index (χ4n) is 3.20. The summed E-state index contributed by atoms with van der Waals surface area (Å²) in [6, 6.07) is 15.8. The minimum Gasteiger partial charge on any atom is -0.447 e. The normalized spacial score (nSPS) is 13.2. The Labute approximate surface area is 193 Å². The first-order chi connectivity index (χ1) is 14.9. The van der Waals surface area contributed by atoms with Crippen molar-refractivity contribution >= 4 is 29.1 Å². The van der Waals surface area contributed by atoms with Gasteiger partial charge in [-0.25, -0.2) is 4.98 Å². The zero-order chi connectivity index (χ0) is 22.4. The molecule has 0 aliphatic carbocycles. The quantitative estimate of drug-likeness (QED) is 0.409. The van der Waals surface area contributed by atoms with Crippen LogP contribution in [0.5, 0.6) is 0 Å². The second-order valence-electron chi connectivity index (χ2n) is 7.64. The summed E-state index contributed by atoms with van der Waals surface area (Å²) in [6.45, 7) is 7.09. The van der Waals surface area contributed by atoms with Crippen LogP contribution in [0.2, 0.25) is 10.0 Å². The van der Waals surface area contributed by atoms with E-state index >= 15 is 0 Å². The third kappa shape index (κ3) is 6.33. The Kier molecular flexibility index (Phi) is 8.13. The fraction of sp³-hybridized carbons (Fsp3) is 0.333. The van der Waals surface area contributed by atoms with Crippen molar-refractivity contribution in [3.8, 4) is 0 Å². The minimum atomic E-state index is -0.229. The van der Waals surface area contributed by atoms with Gasteiger partial charge in [-0.2, -0.15) is 0 Å². The van der Waals surface area contributed by atoms with Gasteiger partial charge in [0.05, 0.1) is 6.54 Å². The molecule has 2 unspecified atom stereocenters. The Balaban J connectivity index is 1.82. The number of halogens is 2. The molecule has 2 atom stereocenters. The number of nitrogens with one attached hydrogen (secondary N) is 1. The van der Waals surface area contributed by atoms with Gasteiger partial charge in [-0.1, -0.05) is 66.5 Å². The van der Waals surface area contributed by atoms with Gasteiger partial charge >= 0.3 is 0 Å². The lowest BCUT2D eigenvalue weighted by molar-refractivity contribution is 0.0934. The molecule has 0 aliphatic rings. The maximum atomic E-state index is 12.4. The standard InChI is InChI=1S/C24H27Cl2N3O2/c1-4-16(2)27-24(30)22-15-31-23(28-22)14-29(17(3)18-8-6-5-7-9-18)13-19-10-11-20(25)12-21(19)26/h5-12,15-17H,4,13-14H2,1-3H3,(H,27,30). The van der Waals surface area contributed by atoms with Gasteiger partial charge in [0.2, 0.25) is 5.89 Å². The lowest BCUT2D eigenvalue weighted by Crippen LogP contribution is -2.32. The SMILES string of the molecule is CCC(C)NC(=O)c1coc(CN(Cc2ccc(Cl)cc2Cl)C(C)c2ccccc2)n1. The van der Waals surface area contributed by atoms with E-state index in [1.165, 1.54) is 6.26 Å². The van der Waals surface area contributed by atoms with Gasteiger partial charge < -0.3 is 9.73 Å². The molecule has 3 aromatic rings. The summed E-state index contributed by atoms with van der Waals surface area (Å²) in [7, 11) is 0. The molecular formula is C24H27Cl2N3O2. The van der Waals surface area contributed by atoms with Gasteiger partial charge in [0.25, 0.3) is 5.91 Å². The molecule has 1 aromatic heterocycles. The largest absolute Gasteiger partial charge is 0.447 e. The Bertz CT molecular complexity index is 1010. The first kappa shape index (κ1) is 23.3. The Hall–Kier alpha value is -2.34. The number of aromatic nitrogens is 1. The van der Waals surface area contributed by atoms with E-state index in [0.29, 0.717) is 29.0 Å². The molecule has 1 heterocycles. The number of rotatable bonds is 9. The average molecular weight is 460 g/mol. The summed E-state index contributed by atoms with van der Waals surface area (Å²) in [5.41, 5.74) is 2.40. The fourth-order valence-corrected chi connectivity index (χ4v) is 3.67. The molecule has 5 nitrogen and oxygen atoms in total. The van der Waals surface area contributed by atoms with Crippen molar-refractivity contribution in [2.24, 2.45) is 0 Å². The molecule has 0 radical (unpaired) electrons. The van der Waals surface area contributed by atoms with E-state index in [1.807, 2.05) is 44.2 Å². The number of hydrogen-bond donors (Lipinski definition) is 1. The van der Waals surface area contributed by atoms with Gasteiger partial charge in [-0.05, 0) is 43.5 Å². The maximum absolute atomic E-state index is 12.4. The van der Waals surface area contributed by atoms with Crippen LogP contribution in [0.25, 0.3) is 0 Å². The number of carbonyl (C=O) groups excluding carboxylic acids is 1. The molecule has 0 aliphatic heterocycles. The third-order valence-electron chi connectivity index (χ3n) is 5.33. The first-order valence-electron chi connectivity index (χ1n) is 10.4. The van der Waals surface area contributed by atoms with E-state index in [2.05, 4.69) is 34.3 Å². The lowest BCUT2D eigenvalue weighted by atomic mass is 10.1. The molecule has 0 saturated heterocycles. The van der Waals surface area contributed by atoms with Crippen LogP contribution >= 0.6 is 23.2 Å². The van der Waals surface area contributed by atoms with E-state index in [-0.39, 0.29) is 23.7 Å². The summed E-state index contributed by atoms with van der Waals surface area (Å²) in [4.78, 5) is 19.0. The third-order valence-corrected chi connectivity index (χ3v) is 5.92. The van der Waals surface area contributed by atoms with Crippen LogP contribution in [-0.4, -0.2) is 21.8 Å². The highest BCUT2D eigenvalue weighted by atomic mass is 35.5. The number of hydrogen-bond acceptors (Lipinski definition) is 4. The Morgan fingerprint density at radius 2 is 1.87 bits per heavy atom. The smallest absolute Gasteiger partial charge is 0.273 e. The van der Waals surface area contributed by atoms with Gasteiger partial charge in [0.1, 0.15) is 6.26 Å². The van der Waals surface area contributed by atoms with Crippen LogP contribution < -0.4 is 5.32 Å². The maximum Gasteiger partial charge on any atom is 0.273 e. The van der Waals surface area contributed by atoms with Crippen molar-refractivity contribution in [3.63, 3.8) is 0 Å². The zero-order valence-electron chi connectivity index (χ0n) is 17.9. The summed E-state index contributed by atoms with van der Waals surface area (Å²) < 4.78 is 5.64. The van der Waals surface area contributed by atoms with Crippen LogP contribution in [0.4, 0.5) is 0 Å². The average Bonchev–Trinajstić information content (AvgIpc) is 3.23. The van der Waals surface area contributed by atoms with Crippen molar-refractivity contribution in [3.05, 3.63) is 87.6 Å². The van der Waals surface area contributed by atoms with Crippen LogP contribution in [0, 0.1) is 0 Å². The minimum absolute atomic E-state index is 0.0669. The molecule has 0 saturated carbocycles. The number of oxazole rings is 1. The van der Waals surface area contributed by atoms with Crippen LogP contribution in [0.1, 0.15) is 60.7 Å². The van der Waals surface area contributed by atoms with Crippen LogP contribution in [-0.2, 0) is 13.1 Å². The molecule has 0 spiro atoms. The van der Waals surface area contributed by atoms with Crippen molar-refractivity contribution in [2.75, 3.05) is 0 Å². The summed E-state index contributed by atoms with van der Waals surface area (Å²) in [5.74, 6) is 0.245. The second kappa shape index (κ2) is 10.8. The predicted molar refractivity (Wildman–Crippen MR) is 124 cm³/mol. The molecule has 2 aromatic carbocycles. The van der Waals surface area contributed by atoms with E-state index < -0.39 is 0 Å². The molecule has 164 valence electrons. The summed E-state index contributed by atoms with van der Waals surface area (Å²) in [6.07, 6.45) is 2.26. The van der Waals surface area contributed by atoms with Gasteiger partial charge in [-0.15, -0.1) is 0 Å². The van der Waals surface area contributed by atoms with E-state index in [4.69, 9.17) is 27.6 Å². The molecule has 3 rings (SSSR count). The van der Waals surface area contributed by atoms with Crippen molar-refractivity contribution < 1.29 is 9.21 Å². The predicted octanol–water partition coefficient (Wildman–Crippen LogP) is 6.27. The molecule has 1 amide bonds. The van der Waals surface area contributed by atoms with Crippen molar-refractivity contribution in [1.29, 1.82) is 0 Å². The summed E-state index contributed by atoms with van der Waals surface area (Å²) in [5, 5.41) is 4.12. The molecule has 0 fully saturated rings. The highest BCUT2D eigenvalue weighted by Gasteiger charge is 2.21. The lowest BCUT2D eigenvalue weighted by Gasteiger charge is -2.28. The van der Waals surface area contributed by atoms with Gasteiger partial charge in [-0.3, -0.25) is 9.69 Å². The first-order valence-corrected chi connectivity index (χ1v) is 11.1. The van der Waals surface area contributed by atoms with E-state index in [1.54, 1.807) is 6.07 Å². The topological polar surface area (TPSA) is 58.4 Å². The van der Waals surface area contributed by atoms with Gasteiger partial charge in [0, 0.05) is 28.7 Å². The Morgan fingerprint density at radius 1 is 1.13 bits per heavy atom. The Morgan fingerprint density at radius 3 is 2.55 bits per heavy atom. The van der Waals surface area contributed by atoms with Gasteiger partial charge in [0.15, 0.2) is 5.69 Å². The zero-order valence-corrected chi connectivity index (χ0v) is 19.5. The molecule has 1 N–H and O–H groups in total. The molecule has 0 bridgehead atoms. The second-order valence-corrected chi connectivity index (χ2v) is 8.48. The van der Waals surface area contributed by atoms with E-state index in [0.717, 1.165) is 17.5 Å². The number of carbonyl (C=O) groups is 1. The van der Waals surface area contributed by atoms with E-state index in [9.17, 15) is 4.79 Å². The molecule has 7 heteroatoms. The summed E-state index contributed by atoms with van der Waals surface area (Å²) >= 11 is 12.5. The number of nitrogens with zero attached hydrogens (tertiary/aromatic N) is 2. The monoisotopic (exact) mass is 459 g/mol. The highest BCUT2D eigenvalue weighted by molar-refractivity contribution is 6.35. The van der Waals surface area contributed by atoms with Crippen LogP contribution in [0.3, 0.4) is 0 Å². The van der Waals surface area contributed by atoms with Crippen LogP contribution in [0.15, 0.2) is 59.2 Å². The highest BCUT2D eigenvalue weighted by Crippen LogP contribution is 2.28. The molecule has 31 heavy (non-hydrogen) atoms. The van der Waals surface area contributed by atoms with Crippen molar-refractivity contribution in [1.82, 2.24) is 15.2 Å². The number of amides is 1. The number of benzene rings is 2. The van der Waals surface area contributed by atoms with Crippen molar-refractivity contribution in [2.45, 2.75) is 52.4 Å². The molecular weight excluding hydrogens is 433 g/mol.